The molecule has 1 fully saturated rings. The van der Waals surface area contributed by atoms with Gasteiger partial charge in [-0.3, -0.25) is 4.79 Å². The Bertz CT molecular complexity index is 200. The molecule has 0 saturated carbocycles. The monoisotopic (exact) mass is 263 g/mol. The number of carbonyl (C=O) groups excluding carboxylic acids is 1. The van der Waals surface area contributed by atoms with E-state index in [1.54, 1.807) is 0 Å². The molecular weight excluding hydrogens is 246 g/mol. The van der Waals surface area contributed by atoms with Gasteiger partial charge in [0.25, 0.3) is 0 Å². The topological polar surface area (TPSA) is 40.5 Å². The van der Waals surface area contributed by atoms with Crippen LogP contribution in [0.5, 0.6) is 0 Å². The Balaban J connectivity index is 2.45. The fraction of sp³-hybridized carbons (Fsp3) is 0.900. The molecule has 1 atom stereocenters. The Kier molecular flexibility index (Phi) is 4.38. The maximum atomic E-state index is 11.8. The lowest BCUT2D eigenvalue weighted by molar-refractivity contribution is -0.133. The van der Waals surface area contributed by atoms with Gasteiger partial charge in [0.1, 0.15) is 0 Å². The van der Waals surface area contributed by atoms with Gasteiger partial charge in [0, 0.05) is 13.1 Å². The van der Waals surface area contributed by atoms with E-state index in [4.69, 9.17) is 0 Å². The summed E-state index contributed by atoms with van der Waals surface area (Å²) in [6.07, 6.45) is 1.21. The van der Waals surface area contributed by atoms with Crippen LogP contribution in [0.25, 0.3) is 0 Å². The predicted molar refractivity (Wildman–Crippen MR) is 59.4 cm³/mol. The van der Waals surface area contributed by atoms with Crippen molar-refractivity contribution >= 4 is 21.8 Å². The van der Waals surface area contributed by atoms with Crippen LogP contribution < -0.4 is 0 Å². The van der Waals surface area contributed by atoms with Gasteiger partial charge in [0.15, 0.2) is 0 Å². The molecular formula is C10H18BrNO2. The molecule has 1 rings (SSSR count). The summed E-state index contributed by atoms with van der Waals surface area (Å²) in [6, 6.07) is 0. The quantitative estimate of drug-likeness (QED) is 0.766. The molecule has 0 aliphatic carbocycles. The lowest BCUT2D eigenvalue weighted by atomic mass is 10.1. The van der Waals surface area contributed by atoms with Gasteiger partial charge in [-0.2, -0.15) is 0 Å². The molecule has 1 aliphatic heterocycles. The average Bonchev–Trinajstić information content (AvgIpc) is 2.16. The molecule has 0 aromatic carbocycles. The molecule has 0 radical (unpaired) electrons. The van der Waals surface area contributed by atoms with Crippen molar-refractivity contribution in [3.63, 3.8) is 0 Å². The maximum absolute atomic E-state index is 11.8. The third-order valence-corrected chi connectivity index (χ3v) is 4.05. The van der Waals surface area contributed by atoms with E-state index in [-0.39, 0.29) is 16.8 Å². The summed E-state index contributed by atoms with van der Waals surface area (Å²) in [5, 5.41) is 9.31. The van der Waals surface area contributed by atoms with Crippen LogP contribution in [0.15, 0.2) is 0 Å². The van der Waals surface area contributed by atoms with Crippen LogP contribution in [-0.4, -0.2) is 39.9 Å². The number of aliphatic hydroxyl groups excluding tert-OH is 1. The standard InChI is InChI=1S/C10H18BrNO2/c1-7(2)9(11)10(14)12-5-3-8(13)4-6-12/h7-9,13H,3-6H2,1-2H3. The highest BCUT2D eigenvalue weighted by Gasteiger charge is 2.27. The number of rotatable bonds is 2. The second-order valence-corrected chi connectivity index (χ2v) is 5.19. The molecule has 0 aromatic rings. The molecule has 1 amide bonds. The molecule has 0 aromatic heterocycles. The van der Waals surface area contributed by atoms with Crippen LogP contribution in [-0.2, 0) is 4.79 Å². The van der Waals surface area contributed by atoms with E-state index in [2.05, 4.69) is 15.9 Å². The Morgan fingerprint density at radius 1 is 1.43 bits per heavy atom. The summed E-state index contributed by atoms with van der Waals surface area (Å²) in [5.74, 6) is 0.473. The first-order chi connectivity index (χ1) is 6.52. The Hall–Kier alpha value is -0.0900. The van der Waals surface area contributed by atoms with Gasteiger partial charge in [0.05, 0.1) is 10.9 Å². The number of amides is 1. The third kappa shape index (κ3) is 2.95. The van der Waals surface area contributed by atoms with Crippen molar-refractivity contribution in [2.24, 2.45) is 5.92 Å². The van der Waals surface area contributed by atoms with E-state index >= 15 is 0 Å². The minimum Gasteiger partial charge on any atom is -0.393 e. The number of alkyl halides is 1. The van der Waals surface area contributed by atoms with Crippen molar-refractivity contribution in [3.8, 4) is 0 Å². The summed E-state index contributed by atoms with van der Waals surface area (Å²) < 4.78 is 0. The number of hydrogen-bond acceptors (Lipinski definition) is 2. The molecule has 1 heterocycles. The molecule has 0 bridgehead atoms. The van der Waals surface area contributed by atoms with E-state index < -0.39 is 0 Å². The lowest BCUT2D eigenvalue weighted by Crippen LogP contribution is -2.44. The summed E-state index contributed by atoms with van der Waals surface area (Å²) in [6.45, 7) is 5.43. The van der Waals surface area contributed by atoms with Crippen LogP contribution in [0.2, 0.25) is 0 Å². The zero-order valence-electron chi connectivity index (χ0n) is 8.74. The fourth-order valence-electron chi connectivity index (χ4n) is 1.55. The van der Waals surface area contributed by atoms with Gasteiger partial charge >= 0.3 is 0 Å². The average molecular weight is 264 g/mol. The number of aliphatic hydroxyl groups is 1. The van der Waals surface area contributed by atoms with Crippen molar-refractivity contribution in [2.45, 2.75) is 37.6 Å². The minimum absolute atomic E-state index is 0.0854. The summed E-state index contributed by atoms with van der Waals surface area (Å²) in [4.78, 5) is 13.6. The number of piperidine rings is 1. The summed E-state index contributed by atoms with van der Waals surface area (Å²) >= 11 is 3.40. The normalized spacial score (nSPS) is 21.4. The Morgan fingerprint density at radius 3 is 2.36 bits per heavy atom. The van der Waals surface area contributed by atoms with Gasteiger partial charge in [-0.05, 0) is 18.8 Å². The van der Waals surface area contributed by atoms with Crippen LogP contribution in [0, 0.1) is 5.92 Å². The largest absolute Gasteiger partial charge is 0.393 e. The van der Waals surface area contributed by atoms with Crippen molar-refractivity contribution in [2.75, 3.05) is 13.1 Å². The van der Waals surface area contributed by atoms with E-state index in [1.165, 1.54) is 0 Å². The van der Waals surface area contributed by atoms with Gasteiger partial charge in [0.2, 0.25) is 5.91 Å². The maximum Gasteiger partial charge on any atom is 0.236 e. The van der Waals surface area contributed by atoms with Crippen molar-refractivity contribution in [3.05, 3.63) is 0 Å². The minimum atomic E-state index is -0.216. The van der Waals surface area contributed by atoms with Crippen molar-refractivity contribution in [1.82, 2.24) is 4.90 Å². The van der Waals surface area contributed by atoms with Crippen LogP contribution in [0.3, 0.4) is 0 Å². The number of hydrogen-bond donors (Lipinski definition) is 1. The molecule has 14 heavy (non-hydrogen) atoms. The smallest absolute Gasteiger partial charge is 0.236 e. The summed E-state index contributed by atoms with van der Waals surface area (Å²) in [5.41, 5.74) is 0. The molecule has 4 heteroatoms. The van der Waals surface area contributed by atoms with Gasteiger partial charge in [-0.1, -0.05) is 29.8 Å². The highest BCUT2D eigenvalue weighted by atomic mass is 79.9. The second kappa shape index (κ2) is 5.12. The van der Waals surface area contributed by atoms with Crippen molar-refractivity contribution in [1.29, 1.82) is 0 Å². The molecule has 1 N–H and O–H groups in total. The van der Waals surface area contributed by atoms with Gasteiger partial charge in [-0.15, -0.1) is 0 Å². The SMILES string of the molecule is CC(C)C(Br)C(=O)N1CCC(O)CC1. The first kappa shape index (κ1) is 12.0. The van der Waals surface area contributed by atoms with E-state index in [9.17, 15) is 9.90 Å². The summed E-state index contributed by atoms with van der Waals surface area (Å²) in [7, 11) is 0. The molecule has 0 spiro atoms. The fourth-order valence-corrected chi connectivity index (χ4v) is 1.84. The van der Waals surface area contributed by atoms with Crippen LogP contribution in [0.1, 0.15) is 26.7 Å². The Morgan fingerprint density at radius 2 is 1.93 bits per heavy atom. The van der Waals surface area contributed by atoms with E-state index in [0.29, 0.717) is 31.8 Å². The highest BCUT2D eigenvalue weighted by Crippen LogP contribution is 2.18. The van der Waals surface area contributed by atoms with Crippen molar-refractivity contribution < 1.29 is 9.90 Å². The number of likely N-dealkylation sites (tertiary alicyclic amines) is 1. The highest BCUT2D eigenvalue weighted by molar-refractivity contribution is 9.10. The van der Waals surface area contributed by atoms with Crippen LogP contribution in [0.4, 0.5) is 0 Å². The lowest BCUT2D eigenvalue weighted by Gasteiger charge is -2.31. The molecule has 82 valence electrons. The second-order valence-electron chi connectivity index (χ2n) is 4.20. The molecule has 1 saturated heterocycles. The molecule has 1 aliphatic rings. The Labute approximate surface area is 93.6 Å². The zero-order chi connectivity index (χ0) is 10.7. The zero-order valence-corrected chi connectivity index (χ0v) is 10.3. The third-order valence-electron chi connectivity index (χ3n) is 2.60. The van der Waals surface area contributed by atoms with E-state index in [0.717, 1.165) is 0 Å². The number of halogens is 1. The first-order valence-electron chi connectivity index (χ1n) is 5.13. The van der Waals surface area contributed by atoms with Gasteiger partial charge < -0.3 is 10.0 Å². The first-order valence-corrected chi connectivity index (χ1v) is 6.05. The number of carbonyl (C=O) groups is 1. The van der Waals surface area contributed by atoms with Gasteiger partial charge in [-0.25, -0.2) is 0 Å². The van der Waals surface area contributed by atoms with Crippen LogP contribution >= 0.6 is 15.9 Å². The number of nitrogens with zero attached hydrogens (tertiary/aromatic N) is 1. The molecule has 3 nitrogen and oxygen atoms in total. The molecule has 1 unspecified atom stereocenters. The predicted octanol–water partition coefficient (Wildman–Crippen LogP) is 1.39. The van der Waals surface area contributed by atoms with E-state index in [1.807, 2.05) is 18.7 Å².